The van der Waals surface area contributed by atoms with E-state index in [9.17, 15) is 26.8 Å². The van der Waals surface area contributed by atoms with Crippen molar-refractivity contribution in [3.05, 3.63) is 59.7 Å². The van der Waals surface area contributed by atoms with Crippen molar-refractivity contribution in [2.45, 2.75) is 11.8 Å². The maximum absolute atomic E-state index is 14.0. The number of halogens is 2. The summed E-state index contributed by atoms with van der Waals surface area (Å²) in [6.45, 7) is 1.99. The fraction of sp³-hybridized carbons (Fsp3) is 0.300. The summed E-state index contributed by atoms with van der Waals surface area (Å²) in [5.41, 5.74) is 0.701. The van der Waals surface area contributed by atoms with Crippen LogP contribution in [0.1, 0.15) is 17.3 Å². The Morgan fingerprint density at radius 3 is 2.42 bits per heavy atom. The molecule has 1 N–H and O–H groups in total. The van der Waals surface area contributed by atoms with Gasteiger partial charge in [0.2, 0.25) is 10.0 Å². The Hall–Kier alpha value is -3.05. The minimum absolute atomic E-state index is 0.0361. The van der Waals surface area contributed by atoms with Crippen molar-refractivity contribution in [1.29, 1.82) is 0 Å². The predicted octanol–water partition coefficient (Wildman–Crippen LogP) is 2.68. The Morgan fingerprint density at radius 2 is 1.77 bits per heavy atom. The van der Waals surface area contributed by atoms with E-state index in [-0.39, 0.29) is 38.7 Å². The van der Waals surface area contributed by atoms with Gasteiger partial charge >= 0.3 is 6.09 Å². The van der Waals surface area contributed by atoms with Crippen molar-refractivity contribution in [3.8, 4) is 0 Å². The van der Waals surface area contributed by atoms with E-state index in [1.165, 1.54) is 11.0 Å². The molecule has 1 fully saturated rings. The molecule has 0 bridgehead atoms. The van der Waals surface area contributed by atoms with Crippen LogP contribution in [0.2, 0.25) is 0 Å². The Labute approximate surface area is 178 Å². The fourth-order valence-corrected chi connectivity index (χ4v) is 4.62. The SMILES string of the molecule is CCOC(=O)Nc1cccc(C(=O)N2CCN(S(=O)(=O)c3ccc(F)cc3F)CC2)c1. The maximum atomic E-state index is 14.0. The normalized spacial score (nSPS) is 14.9. The first kappa shape index (κ1) is 22.6. The molecule has 0 aromatic heterocycles. The number of hydrogen-bond acceptors (Lipinski definition) is 5. The zero-order valence-corrected chi connectivity index (χ0v) is 17.5. The van der Waals surface area contributed by atoms with Gasteiger partial charge in [0.05, 0.1) is 6.61 Å². The van der Waals surface area contributed by atoms with Crippen molar-refractivity contribution in [3.63, 3.8) is 0 Å². The third-order valence-corrected chi connectivity index (χ3v) is 6.60. The minimum Gasteiger partial charge on any atom is -0.450 e. The van der Waals surface area contributed by atoms with Gasteiger partial charge in [-0.3, -0.25) is 10.1 Å². The number of ether oxygens (including phenoxy) is 1. The molecule has 1 heterocycles. The van der Waals surface area contributed by atoms with Crippen LogP contribution in [-0.4, -0.2) is 62.4 Å². The van der Waals surface area contributed by atoms with Crippen LogP contribution >= 0.6 is 0 Å². The lowest BCUT2D eigenvalue weighted by molar-refractivity contribution is 0.0697. The van der Waals surface area contributed by atoms with E-state index in [1.54, 1.807) is 25.1 Å². The van der Waals surface area contributed by atoms with Crippen LogP contribution < -0.4 is 5.32 Å². The molecule has 1 saturated heterocycles. The highest BCUT2D eigenvalue weighted by Crippen LogP contribution is 2.22. The molecule has 8 nitrogen and oxygen atoms in total. The van der Waals surface area contributed by atoms with Crippen LogP contribution in [-0.2, 0) is 14.8 Å². The number of sulfonamides is 1. The van der Waals surface area contributed by atoms with Gasteiger partial charge in [-0.1, -0.05) is 6.07 Å². The van der Waals surface area contributed by atoms with Gasteiger partial charge in [-0.25, -0.2) is 22.0 Å². The second-order valence-corrected chi connectivity index (χ2v) is 8.60. The number of anilines is 1. The number of nitrogens with one attached hydrogen (secondary N) is 1. The number of amides is 2. The van der Waals surface area contributed by atoms with Crippen molar-refractivity contribution in [2.24, 2.45) is 0 Å². The van der Waals surface area contributed by atoms with Crippen LogP contribution in [0.15, 0.2) is 47.4 Å². The summed E-state index contributed by atoms with van der Waals surface area (Å²) >= 11 is 0. The van der Waals surface area contributed by atoms with Gasteiger partial charge in [0.1, 0.15) is 16.5 Å². The second kappa shape index (κ2) is 9.40. The van der Waals surface area contributed by atoms with Crippen molar-refractivity contribution >= 4 is 27.7 Å². The molecule has 0 spiro atoms. The summed E-state index contributed by atoms with van der Waals surface area (Å²) in [5, 5.41) is 2.51. The molecule has 1 aliphatic rings. The predicted molar refractivity (Wildman–Crippen MR) is 108 cm³/mol. The molecule has 166 valence electrons. The number of nitrogens with zero attached hydrogens (tertiary/aromatic N) is 2. The first-order valence-corrected chi connectivity index (χ1v) is 10.9. The zero-order valence-electron chi connectivity index (χ0n) is 16.7. The average Bonchev–Trinajstić information content (AvgIpc) is 2.73. The summed E-state index contributed by atoms with van der Waals surface area (Å²) in [6.07, 6.45) is -0.640. The molecule has 2 aromatic carbocycles. The average molecular weight is 453 g/mol. The van der Waals surface area contributed by atoms with Gasteiger partial charge in [0.25, 0.3) is 5.91 Å². The van der Waals surface area contributed by atoms with Crippen LogP contribution in [0.25, 0.3) is 0 Å². The Morgan fingerprint density at radius 1 is 1.06 bits per heavy atom. The van der Waals surface area contributed by atoms with E-state index in [4.69, 9.17) is 4.74 Å². The zero-order chi connectivity index (χ0) is 22.6. The molecule has 11 heteroatoms. The van der Waals surface area contributed by atoms with E-state index in [2.05, 4.69) is 5.32 Å². The van der Waals surface area contributed by atoms with E-state index < -0.39 is 32.6 Å². The molecular formula is C20H21F2N3O5S. The summed E-state index contributed by atoms with van der Waals surface area (Å²) in [6, 6.07) is 8.57. The standard InChI is InChI=1S/C20H21F2N3O5S/c1-2-30-20(27)23-16-5-3-4-14(12-16)19(26)24-8-10-25(11-9-24)31(28,29)18-7-6-15(21)13-17(18)22/h3-7,12-13H,2,8-11H2,1H3,(H,23,27). The highest BCUT2D eigenvalue weighted by molar-refractivity contribution is 7.89. The van der Waals surface area contributed by atoms with E-state index in [1.807, 2.05) is 0 Å². The van der Waals surface area contributed by atoms with Crippen LogP contribution in [0.5, 0.6) is 0 Å². The molecule has 2 amide bonds. The quantitative estimate of drug-likeness (QED) is 0.751. The molecule has 0 saturated carbocycles. The lowest BCUT2D eigenvalue weighted by Gasteiger charge is -2.34. The molecule has 0 unspecified atom stereocenters. The van der Waals surface area contributed by atoms with Gasteiger partial charge in [-0.05, 0) is 37.3 Å². The molecular weight excluding hydrogens is 432 g/mol. The van der Waals surface area contributed by atoms with Crippen LogP contribution in [0.4, 0.5) is 19.3 Å². The van der Waals surface area contributed by atoms with Crippen LogP contribution in [0.3, 0.4) is 0 Å². The number of carbonyl (C=O) groups is 2. The number of hydrogen-bond donors (Lipinski definition) is 1. The largest absolute Gasteiger partial charge is 0.450 e. The molecule has 2 aromatic rings. The van der Waals surface area contributed by atoms with E-state index in [0.717, 1.165) is 16.4 Å². The molecule has 0 atom stereocenters. The van der Waals surface area contributed by atoms with Gasteiger partial charge in [-0.2, -0.15) is 4.31 Å². The number of benzene rings is 2. The maximum Gasteiger partial charge on any atom is 0.411 e. The highest BCUT2D eigenvalue weighted by Gasteiger charge is 2.32. The monoisotopic (exact) mass is 453 g/mol. The van der Waals surface area contributed by atoms with E-state index >= 15 is 0 Å². The molecule has 0 radical (unpaired) electrons. The third kappa shape index (κ3) is 5.17. The highest BCUT2D eigenvalue weighted by atomic mass is 32.2. The van der Waals surface area contributed by atoms with Crippen molar-refractivity contribution in [2.75, 3.05) is 38.1 Å². The van der Waals surface area contributed by atoms with E-state index in [0.29, 0.717) is 17.3 Å². The molecule has 0 aliphatic carbocycles. The van der Waals surface area contributed by atoms with Crippen molar-refractivity contribution < 1.29 is 31.5 Å². The first-order valence-electron chi connectivity index (χ1n) is 9.50. The second-order valence-electron chi connectivity index (χ2n) is 6.70. The van der Waals surface area contributed by atoms with Crippen molar-refractivity contribution in [1.82, 2.24) is 9.21 Å². The number of piperazine rings is 1. The molecule has 31 heavy (non-hydrogen) atoms. The summed E-state index contributed by atoms with van der Waals surface area (Å²) < 4.78 is 58.3. The molecule has 1 aliphatic heterocycles. The smallest absolute Gasteiger partial charge is 0.411 e. The lowest BCUT2D eigenvalue weighted by Crippen LogP contribution is -2.50. The van der Waals surface area contributed by atoms with Gasteiger partial charge < -0.3 is 9.64 Å². The summed E-state index contributed by atoms with van der Waals surface area (Å²) in [7, 11) is -4.16. The fourth-order valence-electron chi connectivity index (χ4n) is 3.15. The Bertz CT molecular complexity index is 1090. The number of carbonyl (C=O) groups excluding carboxylic acids is 2. The molecule has 3 rings (SSSR count). The summed E-state index contributed by atoms with van der Waals surface area (Å²) in [5.74, 6) is -2.37. The first-order chi connectivity index (χ1) is 14.7. The topological polar surface area (TPSA) is 96.0 Å². The third-order valence-electron chi connectivity index (χ3n) is 4.67. The Kier molecular flexibility index (Phi) is 6.86. The number of rotatable bonds is 5. The van der Waals surface area contributed by atoms with Gasteiger partial charge in [-0.15, -0.1) is 0 Å². The lowest BCUT2D eigenvalue weighted by atomic mass is 10.1. The van der Waals surface area contributed by atoms with Gasteiger partial charge in [0, 0.05) is 43.5 Å². The summed E-state index contributed by atoms with van der Waals surface area (Å²) in [4.78, 5) is 25.2. The Balaban J connectivity index is 1.67. The van der Waals surface area contributed by atoms with Crippen LogP contribution in [0, 0.1) is 11.6 Å². The minimum atomic E-state index is -4.16. The van der Waals surface area contributed by atoms with Gasteiger partial charge in [0.15, 0.2) is 0 Å².